The number of allylic oxidation sites excluding steroid dienone is 3. The molecule has 0 N–H and O–H groups in total. The Kier molecular flexibility index (Phi) is 2.94. The van der Waals surface area contributed by atoms with Crippen LogP contribution in [0, 0.1) is 0 Å². The quantitative estimate of drug-likeness (QED) is 0.493. The molecule has 4 nitrogen and oxygen atoms in total. The van der Waals surface area contributed by atoms with E-state index in [9.17, 15) is 16.8 Å². The molecule has 0 atom stereocenters. The Hall–Kier alpha value is -0.590. The fourth-order valence-corrected chi connectivity index (χ4v) is 2.07. The molecular formula is C6H5ClO4S2. The van der Waals surface area contributed by atoms with Crippen LogP contribution in [-0.2, 0) is 19.3 Å². The van der Waals surface area contributed by atoms with Crippen molar-refractivity contribution in [1.82, 2.24) is 0 Å². The molecule has 0 aromatic heterocycles. The van der Waals surface area contributed by atoms with Crippen molar-refractivity contribution >= 4 is 34.9 Å². The van der Waals surface area contributed by atoms with Crippen LogP contribution in [0.2, 0.25) is 0 Å². The fourth-order valence-electron chi connectivity index (χ4n) is 0.817. The van der Waals surface area contributed by atoms with Crippen LogP contribution in [0.25, 0.3) is 0 Å². The topological polar surface area (TPSA) is 68.3 Å². The van der Waals surface area contributed by atoms with E-state index in [-0.39, 0.29) is 16.2 Å². The minimum absolute atomic E-state index is 0.0634. The summed E-state index contributed by atoms with van der Waals surface area (Å²) in [6.07, 6.45) is 3.71. The molecule has 72 valence electrons. The minimum Gasteiger partial charge on any atom is -0.207 e. The van der Waals surface area contributed by atoms with Crippen LogP contribution in [0.4, 0.5) is 0 Å². The standard InChI is InChI=1S/C6H5ClO4S2/c7-13(10,11)6-3-1-5(2-4-6)12(8)9/h1,3-4H,2H2. The fraction of sp³-hybridized carbons (Fsp3) is 0.167. The van der Waals surface area contributed by atoms with Gasteiger partial charge in [-0.1, -0.05) is 6.08 Å². The summed E-state index contributed by atoms with van der Waals surface area (Å²) in [5, 5.41) is 0. The normalized spacial score (nSPS) is 17.0. The lowest BCUT2D eigenvalue weighted by molar-refractivity contribution is 0.615. The van der Waals surface area contributed by atoms with Gasteiger partial charge in [-0.25, -0.2) is 8.42 Å². The molecule has 13 heavy (non-hydrogen) atoms. The van der Waals surface area contributed by atoms with E-state index in [0.717, 1.165) is 6.08 Å². The van der Waals surface area contributed by atoms with Crippen molar-refractivity contribution in [3.05, 3.63) is 23.1 Å². The predicted molar refractivity (Wildman–Crippen MR) is 50.5 cm³/mol. The second-order valence-electron chi connectivity index (χ2n) is 2.28. The second kappa shape index (κ2) is 3.65. The predicted octanol–water partition coefficient (Wildman–Crippen LogP) is 0.450. The zero-order chi connectivity index (χ0) is 10.1. The Morgan fingerprint density at radius 1 is 1.31 bits per heavy atom. The van der Waals surface area contributed by atoms with Crippen molar-refractivity contribution in [3.63, 3.8) is 0 Å². The van der Waals surface area contributed by atoms with Crippen molar-refractivity contribution in [3.8, 4) is 0 Å². The van der Waals surface area contributed by atoms with Gasteiger partial charge in [-0.2, -0.15) is 8.42 Å². The van der Waals surface area contributed by atoms with Crippen LogP contribution in [0.15, 0.2) is 23.1 Å². The van der Waals surface area contributed by atoms with Crippen LogP contribution in [0.5, 0.6) is 0 Å². The second-order valence-corrected chi connectivity index (χ2v) is 5.84. The molecule has 0 aromatic carbocycles. The summed E-state index contributed by atoms with van der Waals surface area (Å²) >= 11 is 0. The van der Waals surface area contributed by atoms with E-state index >= 15 is 0 Å². The molecule has 1 aliphatic rings. The van der Waals surface area contributed by atoms with Crippen LogP contribution in [-0.4, -0.2) is 21.7 Å². The Morgan fingerprint density at radius 3 is 2.23 bits per heavy atom. The molecule has 0 radical (unpaired) electrons. The van der Waals surface area contributed by atoms with Gasteiger partial charge in [-0.15, -0.1) is 0 Å². The molecule has 0 saturated carbocycles. The molecule has 1 rings (SSSR count). The average molecular weight is 241 g/mol. The van der Waals surface area contributed by atoms with Crippen molar-refractivity contribution in [2.75, 3.05) is 0 Å². The van der Waals surface area contributed by atoms with Crippen molar-refractivity contribution in [2.24, 2.45) is 0 Å². The minimum atomic E-state index is -3.74. The number of hydrogen-bond acceptors (Lipinski definition) is 4. The first-order valence-electron chi connectivity index (χ1n) is 3.19. The molecule has 0 aromatic rings. The highest BCUT2D eigenvalue weighted by Crippen LogP contribution is 2.17. The maximum Gasteiger partial charge on any atom is 0.261 e. The summed E-state index contributed by atoms with van der Waals surface area (Å²) in [7, 11) is -1.01. The smallest absolute Gasteiger partial charge is 0.207 e. The summed E-state index contributed by atoms with van der Waals surface area (Å²) in [4.78, 5) is 0.0763. The van der Waals surface area contributed by atoms with E-state index in [1.54, 1.807) is 0 Å². The Labute approximate surface area is 81.5 Å². The summed E-state index contributed by atoms with van der Waals surface area (Å²) < 4.78 is 42.3. The molecule has 0 heterocycles. The number of halogens is 1. The third kappa shape index (κ3) is 2.68. The van der Waals surface area contributed by atoms with Crippen molar-refractivity contribution in [1.29, 1.82) is 0 Å². The van der Waals surface area contributed by atoms with Gasteiger partial charge in [0.05, 0.1) is 9.77 Å². The molecule has 0 fully saturated rings. The zero-order valence-corrected chi connectivity index (χ0v) is 8.66. The first-order valence-corrected chi connectivity index (χ1v) is 6.57. The van der Waals surface area contributed by atoms with Crippen LogP contribution in [0.3, 0.4) is 0 Å². The van der Waals surface area contributed by atoms with Gasteiger partial charge in [0, 0.05) is 17.1 Å². The molecule has 7 heteroatoms. The summed E-state index contributed by atoms with van der Waals surface area (Å²) in [6.45, 7) is 0. The third-order valence-corrected chi connectivity index (χ3v) is 3.56. The lowest BCUT2D eigenvalue weighted by Gasteiger charge is -2.01. The lowest BCUT2D eigenvalue weighted by atomic mass is 10.2. The van der Waals surface area contributed by atoms with Crippen LogP contribution in [0.1, 0.15) is 6.42 Å². The highest BCUT2D eigenvalue weighted by molar-refractivity contribution is 8.17. The highest BCUT2D eigenvalue weighted by atomic mass is 35.7. The van der Waals surface area contributed by atoms with E-state index in [1.807, 2.05) is 0 Å². The van der Waals surface area contributed by atoms with E-state index < -0.39 is 19.3 Å². The van der Waals surface area contributed by atoms with Gasteiger partial charge in [0.25, 0.3) is 9.05 Å². The van der Waals surface area contributed by atoms with Crippen molar-refractivity contribution < 1.29 is 16.8 Å². The monoisotopic (exact) mass is 240 g/mol. The molecule has 0 aliphatic heterocycles. The van der Waals surface area contributed by atoms with E-state index in [0.29, 0.717) is 0 Å². The molecule has 1 aliphatic carbocycles. The zero-order valence-electron chi connectivity index (χ0n) is 6.27. The third-order valence-electron chi connectivity index (χ3n) is 1.43. The average Bonchev–Trinajstić information content (AvgIpc) is 2.03. The first-order chi connectivity index (χ1) is 5.91. The summed E-state index contributed by atoms with van der Waals surface area (Å²) in [5.41, 5.74) is 0. The van der Waals surface area contributed by atoms with E-state index in [4.69, 9.17) is 10.7 Å². The van der Waals surface area contributed by atoms with Gasteiger partial charge < -0.3 is 0 Å². The van der Waals surface area contributed by atoms with Gasteiger partial charge in [-0.05, 0) is 12.2 Å². The largest absolute Gasteiger partial charge is 0.261 e. The maximum absolute atomic E-state index is 10.7. The van der Waals surface area contributed by atoms with Gasteiger partial charge in [0.1, 0.15) is 0 Å². The number of rotatable bonds is 1. The highest BCUT2D eigenvalue weighted by Gasteiger charge is 2.14. The van der Waals surface area contributed by atoms with Gasteiger partial charge in [-0.3, -0.25) is 0 Å². The maximum atomic E-state index is 10.7. The number of hydrogen-bond donors (Lipinski definition) is 0. The Bertz CT molecular complexity index is 499. The molecule has 0 saturated heterocycles. The SMILES string of the molecule is O=S(=O)=C1C=CC(S(=O)(=O)Cl)=CC1. The van der Waals surface area contributed by atoms with Crippen LogP contribution < -0.4 is 0 Å². The van der Waals surface area contributed by atoms with Gasteiger partial charge >= 0.3 is 0 Å². The molecule has 0 amide bonds. The summed E-state index contributed by atoms with van der Waals surface area (Å²) in [5.74, 6) is 0. The molecule has 0 bridgehead atoms. The molecule has 0 spiro atoms. The summed E-state index contributed by atoms with van der Waals surface area (Å²) in [6, 6.07) is 0. The van der Waals surface area contributed by atoms with Gasteiger partial charge in [0.15, 0.2) is 0 Å². The van der Waals surface area contributed by atoms with Crippen molar-refractivity contribution in [2.45, 2.75) is 6.42 Å². The molecular weight excluding hydrogens is 236 g/mol. The lowest BCUT2D eigenvalue weighted by Crippen LogP contribution is -2.02. The Balaban J connectivity index is 3.10. The van der Waals surface area contributed by atoms with Crippen LogP contribution >= 0.6 is 10.7 Å². The first kappa shape index (κ1) is 10.5. The Morgan fingerprint density at radius 2 is 1.92 bits per heavy atom. The van der Waals surface area contributed by atoms with E-state index in [1.165, 1.54) is 12.2 Å². The van der Waals surface area contributed by atoms with E-state index in [2.05, 4.69) is 0 Å². The van der Waals surface area contributed by atoms with Gasteiger partial charge in [0.2, 0.25) is 10.3 Å². The molecule has 0 unspecified atom stereocenters.